The first-order valence-corrected chi connectivity index (χ1v) is 26.5. The van der Waals surface area contributed by atoms with E-state index in [2.05, 4.69) is 38.8 Å². The molecule has 5 aromatic rings. The summed E-state index contributed by atoms with van der Waals surface area (Å²) in [6.07, 6.45) is 0.294. The quantitative estimate of drug-likeness (QED) is 0.0154. The minimum atomic E-state index is -1.67. The lowest BCUT2D eigenvalue weighted by molar-refractivity contribution is -0.140. The summed E-state index contributed by atoms with van der Waals surface area (Å²) >= 11 is 0. The maximum absolute atomic E-state index is 14.1. The standard InChI is InChI=1S/C56H61N9O17/c1-5-6-7-8-23-64-53(79)32-13-9-28-30-11-15-34-46-35(16-12-31(44(30)46)29-10-14-33(54(64)80)45(32)43(28)29)56(82)65(55(34)81)39(66)24-58-47(73)25(2)59-48(74)26(3)60-49(75)27(4)61-51(77)37(18-21-41(69)70)63-52(78)38(19-22-42(71)72)62-50(76)36(57)17-20-40(67)68/h9-16,25-27,36-38H,5-8,17-24,57H2,1-4H3,(H,58,73)(H,59,74)(H,60,75)(H,61,77)(H,62,76)(H,63,78)(H,67,68)(H,69,70)(H,71,72)/t25-,26-,27-,36-,37-,38-/m0/s1. The average Bonchev–Trinajstić information content (AvgIpc) is 0.847. The van der Waals surface area contributed by atoms with E-state index in [4.69, 9.17) is 10.8 Å². The minimum Gasteiger partial charge on any atom is -0.481 e. The second-order valence-electron chi connectivity index (χ2n) is 20.2. The van der Waals surface area contributed by atoms with Crippen LogP contribution in [0.2, 0.25) is 0 Å². The average molecular weight is 1130 g/mol. The summed E-state index contributed by atoms with van der Waals surface area (Å²) in [7, 11) is 0. The predicted molar refractivity (Wildman–Crippen MR) is 291 cm³/mol. The number of carboxylic acid groups (broad SMARTS) is 3. The van der Waals surface area contributed by atoms with E-state index in [-0.39, 0.29) is 29.4 Å². The van der Waals surface area contributed by atoms with Gasteiger partial charge in [0.1, 0.15) is 30.2 Å². The molecule has 0 aromatic heterocycles. The number of fused-ring (bicyclic) bond motifs is 2. The van der Waals surface area contributed by atoms with Gasteiger partial charge >= 0.3 is 17.9 Å². The summed E-state index contributed by atoms with van der Waals surface area (Å²) in [6.45, 7) is 5.16. The van der Waals surface area contributed by atoms with E-state index in [0.717, 1.165) is 19.3 Å². The van der Waals surface area contributed by atoms with Crippen molar-refractivity contribution >= 4 is 126 Å². The second kappa shape index (κ2) is 25.3. The predicted octanol–water partition coefficient (Wildman–Crippen LogP) is 1.56. The number of aliphatic carboxylic acids is 3. The summed E-state index contributed by atoms with van der Waals surface area (Å²) < 4.78 is 0. The number of carboxylic acids is 3. The molecule has 0 saturated heterocycles. The summed E-state index contributed by atoms with van der Waals surface area (Å²) in [5.74, 6) is -13.8. The topological polar surface area (TPSA) is 404 Å². The van der Waals surface area contributed by atoms with Crippen molar-refractivity contribution in [3.05, 3.63) is 70.8 Å². The van der Waals surface area contributed by atoms with E-state index < -0.39 is 146 Å². The van der Waals surface area contributed by atoms with Crippen molar-refractivity contribution in [2.45, 2.75) is 128 Å². The molecule has 82 heavy (non-hydrogen) atoms. The monoisotopic (exact) mass is 1130 g/mol. The Hall–Kier alpha value is -9.46. The fourth-order valence-corrected chi connectivity index (χ4v) is 10.1. The van der Waals surface area contributed by atoms with E-state index in [1.54, 1.807) is 36.4 Å². The van der Waals surface area contributed by atoms with Crippen LogP contribution in [0, 0.1) is 0 Å². The molecule has 11 N–H and O–H groups in total. The number of unbranched alkanes of at least 4 members (excludes halogenated alkanes) is 3. The summed E-state index contributed by atoms with van der Waals surface area (Å²) in [5, 5.41) is 45.8. The highest BCUT2D eigenvalue weighted by atomic mass is 16.4. The molecule has 432 valence electrons. The van der Waals surface area contributed by atoms with Crippen LogP contribution >= 0.6 is 0 Å². The van der Waals surface area contributed by atoms with Gasteiger partial charge in [-0.1, -0.05) is 50.5 Å². The van der Waals surface area contributed by atoms with Crippen LogP contribution in [0.4, 0.5) is 0 Å². The molecule has 0 unspecified atom stereocenters. The minimum absolute atomic E-state index is 0.0309. The van der Waals surface area contributed by atoms with Gasteiger partial charge in [-0.05, 0) is 103 Å². The van der Waals surface area contributed by atoms with Crippen molar-refractivity contribution in [1.29, 1.82) is 0 Å². The molecule has 0 saturated carbocycles. The van der Waals surface area contributed by atoms with Crippen molar-refractivity contribution in [3.63, 3.8) is 0 Å². The molecule has 0 fully saturated rings. The Morgan fingerprint density at radius 2 is 0.841 bits per heavy atom. The van der Waals surface area contributed by atoms with E-state index in [1.165, 1.54) is 37.8 Å². The van der Waals surface area contributed by atoms with Crippen LogP contribution < -0.4 is 37.6 Å². The number of rotatable bonds is 27. The number of benzene rings is 5. The molecule has 2 heterocycles. The molecule has 2 aliphatic heterocycles. The highest BCUT2D eigenvalue weighted by Gasteiger charge is 2.40. The van der Waals surface area contributed by atoms with Crippen molar-refractivity contribution in [3.8, 4) is 0 Å². The van der Waals surface area contributed by atoms with Gasteiger partial charge < -0.3 is 53.0 Å². The third-order valence-corrected chi connectivity index (χ3v) is 14.4. The Balaban J connectivity index is 0.956. The Bertz CT molecular complexity index is 3400. The highest BCUT2D eigenvalue weighted by molar-refractivity contribution is 6.42. The third-order valence-electron chi connectivity index (χ3n) is 14.4. The molecule has 26 nitrogen and oxygen atoms in total. The van der Waals surface area contributed by atoms with Gasteiger partial charge in [0, 0.05) is 58.8 Å². The molecule has 6 atom stereocenters. The number of nitrogens with one attached hydrogen (secondary N) is 6. The number of amides is 11. The highest BCUT2D eigenvalue weighted by Crippen LogP contribution is 2.46. The molecule has 11 amide bonds. The van der Waals surface area contributed by atoms with Crippen LogP contribution in [-0.2, 0) is 47.9 Å². The number of hydrogen-bond donors (Lipinski definition) is 10. The normalized spacial score (nSPS) is 15.1. The molecule has 5 aromatic carbocycles. The first kappa shape index (κ1) is 60.2. The molecule has 0 radical (unpaired) electrons. The number of imide groups is 4. The summed E-state index contributed by atoms with van der Waals surface area (Å²) in [5.41, 5.74) is 6.57. The van der Waals surface area contributed by atoms with Gasteiger partial charge in [0.2, 0.25) is 35.4 Å². The number of nitrogens with two attached hydrogens (primary N) is 1. The zero-order valence-corrected chi connectivity index (χ0v) is 45.1. The SMILES string of the molecule is CCCCCCN1C(=O)c2ccc3c4ccc5c6c(ccc(c7ccc(c2c37)C1=O)c64)C(=O)N(C(=O)CNC(=O)[C@H](C)NC(=O)[C@H](C)NC(=O)[C@H](C)NC(=O)[C@H](CCC(=O)O)NC(=O)[C@H](CCC(=O)O)NC(=O)[C@@H](N)CCC(=O)O)C5=O. The molecule has 26 heteroatoms. The first-order chi connectivity index (χ1) is 38.9. The Morgan fingerprint density at radius 1 is 0.463 bits per heavy atom. The zero-order chi connectivity index (χ0) is 60.0. The number of nitrogens with zero attached hydrogens (tertiary/aromatic N) is 2. The lowest BCUT2D eigenvalue weighted by atomic mass is 9.82. The van der Waals surface area contributed by atoms with Gasteiger partial charge in [-0.15, -0.1) is 0 Å². The number of carbonyl (C=O) groups excluding carboxylic acids is 11. The van der Waals surface area contributed by atoms with Crippen LogP contribution in [0.1, 0.15) is 133 Å². The molecular weight excluding hydrogens is 1070 g/mol. The van der Waals surface area contributed by atoms with Gasteiger partial charge in [-0.25, -0.2) is 4.90 Å². The Kier molecular flexibility index (Phi) is 18.6. The van der Waals surface area contributed by atoms with Crippen LogP contribution in [0.5, 0.6) is 0 Å². The van der Waals surface area contributed by atoms with Gasteiger partial charge in [0.05, 0.1) is 12.6 Å². The molecule has 0 aliphatic carbocycles. The fraction of sp³-hybridized carbons (Fsp3) is 0.393. The largest absolute Gasteiger partial charge is 0.481 e. The van der Waals surface area contributed by atoms with Crippen molar-refractivity contribution in [2.75, 3.05) is 13.1 Å². The van der Waals surface area contributed by atoms with Crippen molar-refractivity contribution < 1.29 is 82.4 Å². The van der Waals surface area contributed by atoms with Gasteiger partial charge in [-0.3, -0.25) is 72.0 Å². The van der Waals surface area contributed by atoms with Crippen LogP contribution in [-0.4, -0.2) is 157 Å². The van der Waals surface area contributed by atoms with E-state index in [9.17, 15) is 77.3 Å². The fourth-order valence-electron chi connectivity index (χ4n) is 10.1. The van der Waals surface area contributed by atoms with Gasteiger partial charge in [-0.2, -0.15) is 0 Å². The van der Waals surface area contributed by atoms with E-state index >= 15 is 0 Å². The van der Waals surface area contributed by atoms with Crippen LogP contribution in [0.3, 0.4) is 0 Å². The zero-order valence-electron chi connectivity index (χ0n) is 45.1. The van der Waals surface area contributed by atoms with E-state index in [1.807, 2.05) is 0 Å². The molecule has 2 aliphatic rings. The molecule has 0 bridgehead atoms. The Morgan fingerprint density at radius 3 is 1.27 bits per heavy atom. The maximum Gasteiger partial charge on any atom is 0.303 e. The summed E-state index contributed by atoms with van der Waals surface area (Å²) in [4.78, 5) is 184. The van der Waals surface area contributed by atoms with Crippen molar-refractivity contribution in [2.24, 2.45) is 5.73 Å². The van der Waals surface area contributed by atoms with Crippen molar-refractivity contribution in [1.82, 2.24) is 41.7 Å². The third kappa shape index (κ3) is 12.6. The second-order valence-corrected chi connectivity index (χ2v) is 20.2. The van der Waals surface area contributed by atoms with Crippen LogP contribution in [0.25, 0.3) is 43.1 Å². The number of carbonyl (C=O) groups is 14. The van der Waals surface area contributed by atoms with Crippen LogP contribution in [0.15, 0.2) is 48.5 Å². The molecular formula is C56H61N9O17. The number of hydrogen-bond acceptors (Lipinski definition) is 15. The first-order valence-electron chi connectivity index (χ1n) is 26.5. The lowest BCUT2D eigenvalue weighted by Crippen LogP contribution is -2.58. The van der Waals surface area contributed by atoms with Gasteiger partial charge in [0.25, 0.3) is 29.5 Å². The maximum atomic E-state index is 14.1. The lowest BCUT2D eigenvalue weighted by Gasteiger charge is -2.29. The molecule has 0 spiro atoms. The van der Waals surface area contributed by atoms with E-state index in [0.29, 0.717) is 72.1 Å². The summed E-state index contributed by atoms with van der Waals surface area (Å²) in [6, 6.07) is 4.36. The molecule has 7 rings (SSSR count). The smallest absolute Gasteiger partial charge is 0.303 e. The Labute approximate surface area is 466 Å². The van der Waals surface area contributed by atoms with Gasteiger partial charge in [0.15, 0.2) is 0 Å².